The fourth-order valence-electron chi connectivity index (χ4n) is 3.26. The molecule has 0 amide bonds. The van der Waals surface area contributed by atoms with Gasteiger partial charge in [0.25, 0.3) is 0 Å². The second-order valence-electron chi connectivity index (χ2n) is 5.71. The quantitative estimate of drug-likeness (QED) is 0.699. The molecule has 0 bridgehead atoms. The number of hydrogen-bond donors (Lipinski definition) is 1. The van der Waals surface area contributed by atoms with Crippen molar-refractivity contribution in [2.24, 2.45) is 7.05 Å². The number of H-pyrrole nitrogens is 1. The predicted octanol–water partition coefficient (Wildman–Crippen LogP) is 3.51. The summed E-state index contributed by atoms with van der Waals surface area (Å²) in [6.45, 7) is 6.26. The van der Waals surface area contributed by atoms with Crippen molar-refractivity contribution in [3.8, 4) is 11.1 Å². The molecule has 5 heteroatoms. The van der Waals surface area contributed by atoms with Gasteiger partial charge in [0.15, 0.2) is 4.64 Å². The molecule has 1 heterocycles. The normalized spacial score (nSPS) is 11.1. The minimum atomic E-state index is -2.28. The van der Waals surface area contributed by atoms with Crippen LogP contribution in [0.15, 0.2) is 30.3 Å². The Morgan fingerprint density at radius 3 is 2.27 bits per heavy atom. The first-order valence-corrected chi connectivity index (χ1v) is 8.16. The third-order valence-corrected chi connectivity index (χ3v) is 4.79. The number of aromatic nitrogens is 2. The number of aryl methyl sites for hydroxylation is 4. The summed E-state index contributed by atoms with van der Waals surface area (Å²) in [5, 5.41) is 3.88. The van der Waals surface area contributed by atoms with Crippen LogP contribution in [0.4, 0.5) is 0 Å². The smallest absolute Gasteiger partial charge is 0.240 e. The Morgan fingerprint density at radius 2 is 1.68 bits per heavy atom. The number of nitrogens with zero attached hydrogens (tertiary/aromatic N) is 1. The molecule has 0 atom stereocenters. The van der Waals surface area contributed by atoms with E-state index in [4.69, 9.17) is 0 Å². The summed E-state index contributed by atoms with van der Waals surface area (Å²) in [7, 11) is -0.569. The minimum Gasteiger partial charge on any atom is -0.296 e. The molecule has 0 saturated heterocycles. The molecule has 0 aliphatic carbocycles. The molecule has 22 heavy (non-hydrogen) atoms. The van der Waals surface area contributed by atoms with E-state index in [0.29, 0.717) is 5.39 Å². The van der Waals surface area contributed by atoms with Crippen LogP contribution in [0, 0.1) is 25.4 Å². The monoisotopic (exact) mass is 314 g/mol. The van der Waals surface area contributed by atoms with E-state index in [1.165, 1.54) is 16.7 Å². The molecule has 2 aromatic carbocycles. The van der Waals surface area contributed by atoms with Crippen molar-refractivity contribution in [1.82, 2.24) is 9.78 Å². The summed E-state index contributed by atoms with van der Waals surface area (Å²) in [4.78, 5) is 0. The lowest BCUT2D eigenvalue weighted by atomic mass is 9.93. The largest absolute Gasteiger partial charge is 0.296 e. The van der Waals surface area contributed by atoms with Crippen LogP contribution in [-0.2, 0) is 17.3 Å². The van der Waals surface area contributed by atoms with Gasteiger partial charge in [0, 0.05) is 18.0 Å². The lowest BCUT2D eigenvalue weighted by Gasteiger charge is -2.12. The van der Waals surface area contributed by atoms with E-state index in [-0.39, 0.29) is 4.64 Å². The number of para-hydroxylation sites is 1. The molecule has 1 N–H and O–H groups in total. The maximum absolute atomic E-state index is 11.5. The first-order valence-electron chi connectivity index (χ1n) is 7.08. The molecule has 0 radical (unpaired) electrons. The summed E-state index contributed by atoms with van der Waals surface area (Å²) in [6, 6.07) is 10.1. The van der Waals surface area contributed by atoms with Gasteiger partial charge < -0.3 is 0 Å². The van der Waals surface area contributed by atoms with Crippen molar-refractivity contribution in [2.45, 2.75) is 20.8 Å². The van der Waals surface area contributed by atoms with Gasteiger partial charge in [0.2, 0.25) is 10.3 Å². The average Bonchev–Trinajstić information content (AvgIpc) is 2.74. The van der Waals surface area contributed by atoms with Crippen molar-refractivity contribution >= 4 is 21.2 Å². The zero-order valence-corrected chi connectivity index (χ0v) is 13.9. The topological polar surface area (TPSA) is 54.9 Å². The molecule has 0 unspecified atom stereocenters. The van der Waals surface area contributed by atoms with Crippen LogP contribution < -0.4 is 0 Å². The van der Waals surface area contributed by atoms with Crippen molar-refractivity contribution < 1.29 is 8.42 Å². The van der Waals surface area contributed by atoms with E-state index in [0.717, 1.165) is 16.6 Å². The highest BCUT2D eigenvalue weighted by Crippen LogP contribution is 2.33. The van der Waals surface area contributed by atoms with Crippen LogP contribution in [-0.4, -0.2) is 18.2 Å². The Balaban J connectivity index is 2.50. The highest BCUT2D eigenvalue weighted by Gasteiger charge is 2.13. The standard InChI is InChI=1S/C17H18N2O2S/c1-10-8-11(2)15(12(3)9-10)13-6-5-7-14-16(13)18-19(4)17(14)22(20)21/h5-9,18H,1-4H3. The van der Waals surface area contributed by atoms with Gasteiger partial charge in [-0.1, -0.05) is 29.8 Å². The lowest BCUT2D eigenvalue weighted by Crippen LogP contribution is -1.92. The Morgan fingerprint density at radius 1 is 1.05 bits per heavy atom. The molecular weight excluding hydrogens is 296 g/mol. The highest BCUT2D eigenvalue weighted by atomic mass is 32.2. The maximum Gasteiger partial charge on any atom is 0.240 e. The second kappa shape index (κ2) is 5.18. The maximum atomic E-state index is 11.5. The summed E-state index contributed by atoms with van der Waals surface area (Å²) in [6.07, 6.45) is 0. The molecule has 1 aromatic heterocycles. The third-order valence-electron chi connectivity index (χ3n) is 3.98. The number of nitrogens with one attached hydrogen (secondary N) is 1. The molecule has 0 spiro atoms. The SMILES string of the molecule is Cc1cc(C)c(-c2cccc3c(=S(=O)=O)n(C)[nH]c23)c(C)c1. The molecule has 114 valence electrons. The number of benzene rings is 2. The molecule has 3 aromatic rings. The Hall–Kier alpha value is -2.27. The number of aromatic amines is 1. The van der Waals surface area contributed by atoms with Crippen LogP contribution in [0.1, 0.15) is 16.7 Å². The van der Waals surface area contributed by atoms with Gasteiger partial charge in [-0.05, 0) is 43.5 Å². The zero-order chi connectivity index (χ0) is 16.0. The van der Waals surface area contributed by atoms with Gasteiger partial charge in [0.05, 0.1) is 5.52 Å². The van der Waals surface area contributed by atoms with Crippen LogP contribution >= 0.6 is 0 Å². The first-order chi connectivity index (χ1) is 10.4. The van der Waals surface area contributed by atoms with Crippen molar-refractivity contribution in [2.75, 3.05) is 0 Å². The molecule has 0 fully saturated rings. The van der Waals surface area contributed by atoms with E-state index < -0.39 is 10.3 Å². The van der Waals surface area contributed by atoms with Crippen LogP contribution in [0.5, 0.6) is 0 Å². The lowest BCUT2D eigenvalue weighted by molar-refractivity contribution is 0.621. The third kappa shape index (κ3) is 2.18. The fourth-order valence-corrected chi connectivity index (χ4v) is 3.88. The Bertz CT molecular complexity index is 1040. The second-order valence-corrected chi connectivity index (χ2v) is 6.57. The van der Waals surface area contributed by atoms with Gasteiger partial charge in [-0.3, -0.25) is 9.78 Å². The molecule has 0 saturated carbocycles. The summed E-state index contributed by atoms with van der Waals surface area (Å²) < 4.78 is 24.8. The highest BCUT2D eigenvalue weighted by molar-refractivity contribution is 7.64. The van der Waals surface area contributed by atoms with E-state index in [1.54, 1.807) is 11.7 Å². The first kappa shape index (κ1) is 14.7. The number of rotatable bonds is 1. The minimum absolute atomic E-state index is 0.277. The van der Waals surface area contributed by atoms with Gasteiger partial charge in [-0.2, -0.15) is 8.42 Å². The molecule has 4 nitrogen and oxygen atoms in total. The van der Waals surface area contributed by atoms with E-state index >= 15 is 0 Å². The predicted molar refractivity (Wildman–Crippen MR) is 89.1 cm³/mol. The molecular formula is C17H18N2O2S. The van der Waals surface area contributed by atoms with Crippen LogP contribution in [0.2, 0.25) is 0 Å². The number of fused-ring (bicyclic) bond motifs is 1. The van der Waals surface area contributed by atoms with E-state index in [1.807, 2.05) is 18.2 Å². The van der Waals surface area contributed by atoms with Gasteiger partial charge in [0.1, 0.15) is 0 Å². The summed E-state index contributed by atoms with van der Waals surface area (Å²) in [5.74, 6) is 0. The number of hydrogen-bond acceptors (Lipinski definition) is 2. The van der Waals surface area contributed by atoms with Crippen LogP contribution in [0.3, 0.4) is 0 Å². The molecule has 3 rings (SSSR count). The fraction of sp³-hybridized carbons (Fsp3) is 0.235. The van der Waals surface area contributed by atoms with Gasteiger partial charge in [-0.15, -0.1) is 0 Å². The van der Waals surface area contributed by atoms with Gasteiger partial charge >= 0.3 is 0 Å². The van der Waals surface area contributed by atoms with Crippen molar-refractivity contribution in [3.63, 3.8) is 0 Å². The molecule has 0 aliphatic heterocycles. The summed E-state index contributed by atoms with van der Waals surface area (Å²) in [5.41, 5.74) is 6.63. The Kier molecular flexibility index (Phi) is 3.45. The van der Waals surface area contributed by atoms with Crippen molar-refractivity contribution in [1.29, 1.82) is 0 Å². The van der Waals surface area contributed by atoms with E-state index in [2.05, 4.69) is 38.0 Å². The zero-order valence-electron chi connectivity index (χ0n) is 13.1. The summed E-state index contributed by atoms with van der Waals surface area (Å²) >= 11 is 0. The Labute approximate surface area is 130 Å². The van der Waals surface area contributed by atoms with E-state index in [9.17, 15) is 8.42 Å². The van der Waals surface area contributed by atoms with Gasteiger partial charge in [-0.25, -0.2) is 0 Å². The van der Waals surface area contributed by atoms with Crippen molar-refractivity contribution in [3.05, 3.63) is 51.7 Å². The van der Waals surface area contributed by atoms with Crippen LogP contribution in [0.25, 0.3) is 22.0 Å². The molecule has 0 aliphatic rings. The average molecular weight is 314 g/mol.